The van der Waals surface area contributed by atoms with Crippen molar-refractivity contribution < 1.29 is 37.8 Å². The Kier molecular flexibility index (Phi) is 14.7. The zero-order chi connectivity index (χ0) is 51.2. The number of aliphatic hydroxyl groups is 2. The summed E-state index contributed by atoms with van der Waals surface area (Å²) in [6.07, 6.45) is 10.3. The first-order chi connectivity index (χ1) is 35.0. The lowest BCUT2D eigenvalue weighted by atomic mass is 9.64. The number of benzene rings is 4. The second-order valence-electron chi connectivity index (χ2n) is 23.3. The van der Waals surface area contributed by atoms with E-state index >= 15 is 0 Å². The van der Waals surface area contributed by atoms with Crippen molar-refractivity contribution in [2.75, 3.05) is 6.61 Å². The molecule has 0 radical (unpaired) electrons. The number of fused-ring (bicyclic) bond motifs is 8. The predicted octanol–water partition coefficient (Wildman–Crippen LogP) is 10.4. The van der Waals surface area contributed by atoms with Crippen molar-refractivity contribution >= 4 is 16.1 Å². The Morgan fingerprint density at radius 2 is 1.73 bits per heavy atom. The highest BCUT2D eigenvalue weighted by Crippen LogP contribution is 2.56. The van der Waals surface area contributed by atoms with E-state index in [2.05, 4.69) is 75.1 Å². The Labute approximate surface area is 432 Å². The van der Waals surface area contributed by atoms with Gasteiger partial charge in [0.25, 0.3) is 10.1 Å². The quantitative estimate of drug-likeness (QED) is 0.0292. The molecule has 5 heterocycles. The fourth-order valence-corrected chi connectivity index (χ4v) is 15.6. The molecule has 8 aliphatic rings. The minimum absolute atomic E-state index is 0.0675. The Morgan fingerprint density at radius 3 is 2.47 bits per heavy atom. The smallest absolute Gasteiger partial charge is 0.268 e. The van der Waals surface area contributed by atoms with E-state index in [9.17, 15) is 28.3 Å². The zero-order valence-electron chi connectivity index (χ0n) is 42.7. The summed E-state index contributed by atoms with van der Waals surface area (Å²) in [7, 11) is -4.67. The van der Waals surface area contributed by atoms with E-state index in [4.69, 9.17) is 25.9 Å². The zero-order valence-corrected chi connectivity index (χ0v) is 43.5. The number of nitrogens with two attached hydrogens (primary N) is 2. The number of phenols is 1. The Morgan fingerprint density at radius 1 is 0.945 bits per heavy atom. The van der Waals surface area contributed by atoms with E-state index in [0.29, 0.717) is 73.7 Å². The van der Waals surface area contributed by atoms with Gasteiger partial charge >= 0.3 is 0 Å². The molecule has 0 spiro atoms. The fourth-order valence-electron chi connectivity index (χ4n) is 14.5. The summed E-state index contributed by atoms with van der Waals surface area (Å²) >= 11 is 0. The van der Waals surface area contributed by atoms with Crippen LogP contribution < -0.4 is 16.2 Å². The number of allylic oxidation sites excluding steroid dienone is 1. The summed E-state index contributed by atoms with van der Waals surface area (Å²) in [6.45, 7) is 6.62. The number of rotatable bonds is 10. The number of aryl methyl sites for hydroxylation is 1. The molecule has 2 fully saturated rings. The molecule has 1 saturated heterocycles. The van der Waals surface area contributed by atoms with Crippen LogP contribution in [0.3, 0.4) is 0 Å². The average Bonchev–Trinajstić information content (AvgIpc) is 3.47. The van der Waals surface area contributed by atoms with Crippen LogP contribution in [0.1, 0.15) is 155 Å². The third-order valence-corrected chi connectivity index (χ3v) is 19.1. The number of aliphatic imine (C=N–C) groups is 1. The topological polar surface area (TPSA) is 198 Å². The first-order valence-electron chi connectivity index (χ1n) is 27.0. The van der Waals surface area contributed by atoms with Crippen molar-refractivity contribution in [3.63, 3.8) is 0 Å². The van der Waals surface area contributed by atoms with Gasteiger partial charge in [0, 0.05) is 42.1 Å². The van der Waals surface area contributed by atoms with Crippen LogP contribution in [-0.4, -0.2) is 57.8 Å². The summed E-state index contributed by atoms with van der Waals surface area (Å²) in [5.41, 5.74) is 17.7. The van der Waals surface area contributed by atoms with Gasteiger partial charge in [0.05, 0.1) is 17.0 Å². The fraction of sp³-hybridized carbons (Fsp3) is 0.525. The van der Waals surface area contributed by atoms with Crippen LogP contribution in [0, 0.1) is 53.3 Å². The maximum atomic E-state index is 14.4. The molecule has 1 saturated carbocycles. The van der Waals surface area contributed by atoms with Gasteiger partial charge in [0.2, 0.25) is 5.72 Å². The highest BCUT2D eigenvalue weighted by Gasteiger charge is 2.51. The molecule has 8 N–H and O–H groups in total. The highest BCUT2D eigenvalue weighted by atomic mass is 32.2. The standard InChI is InChI=1S/C61H75N3O8S/c1-37(2)25-40-12-8-24-60(67,34-40)48(26-39-9-5-4-6-10-39)35-61(64-59(62)63)47-18-16-42(17-19-47)57-45-28-46(58-53-22-20-49(66)29-43(53)13-7-11-41(36-65)27-51(31-45)71-58)32-55(57)56(73(68,69)70)33-54-38(3)14-15-44-30-50(72-61)21-23-52(44)54/h4-6,9-10,16-23,29-30,32,37-38,40-41,45,48,51,54-58,65-67H,8,11-12,14-15,24-28,31,33-36H2,1-3H3,(H4,62,63,64)(H,68,69,70)/t38-,40-,41+,45-,48-,51-,54+,55-,56-,57+,58-,60-,61-/m1/s1. The number of ether oxygens (including phenoxy) is 2. The molecule has 10 bridgehead atoms. The van der Waals surface area contributed by atoms with Gasteiger partial charge in [0.15, 0.2) is 5.96 Å². The summed E-state index contributed by atoms with van der Waals surface area (Å²) in [6, 6.07) is 29.7. The minimum atomic E-state index is -4.67. The number of hydrogen-bond donors (Lipinski definition) is 6. The lowest BCUT2D eigenvalue weighted by Gasteiger charge is -2.46. The number of aliphatic hydroxyl groups excluding tert-OH is 1. The second-order valence-corrected chi connectivity index (χ2v) is 25.0. The lowest BCUT2D eigenvalue weighted by molar-refractivity contribution is -0.0925. The van der Waals surface area contributed by atoms with Crippen LogP contribution in [0.15, 0.2) is 108 Å². The van der Waals surface area contributed by atoms with Crippen LogP contribution in [-0.2, 0) is 33.4 Å². The third kappa shape index (κ3) is 10.9. The molecule has 4 aromatic carbocycles. The molecule has 3 aliphatic carbocycles. The van der Waals surface area contributed by atoms with Crippen LogP contribution in [0.5, 0.6) is 11.5 Å². The molecule has 73 heavy (non-hydrogen) atoms. The number of guanidine groups is 1. The van der Waals surface area contributed by atoms with Gasteiger partial charge in [-0.15, -0.1) is 0 Å². The van der Waals surface area contributed by atoms with E-state index in [1.54, 1.807) is 12.1 Å². The molecular formula is C61H75N3O8S. The maximum absolute atomic E-state index is 14.4. The molecule has 12 heteroatoms. The number of phenolic OH excluding ortho intramolecular Hbond substituents is 1. The lowest BCUT2D eigenvalue weighted by Crippen LogP contribution is -2.48. The molecule has 388 valence electrons. The Balaban J connectivity index is 1.17. The molecule has 0 unspecified atom stereocenters. The van der Waals surface area contributed by atoms with Crippen LogP contribution in [0.25, 0.3) is 0 Å². The van der Waals surface area contributed by atoms with Gasteiger partial charge in [-0.3, -0.25) is 4.55 Å². The van der Waals surface area contributed by atoms with Crippen molar-refractivity contribution in [2.45, 2.75) is 151 Å². The monoisotopic (exact) mass is 1010 g/mol. The average molecular weight is 1010 g/mol. The number of aromatic hydroxyl groups is 1. The van der Waals surface area contributed by atoms with E-state index in [1.807, 2.05) is 42.5 Å². The van der Waals surface area contributed by atoms with Gasteiger partial charge in [-0.25, -0.2) is 4.99 Å². The minimum Gasteiger partial charge on any atom is -0.508 e. The molecule has 0 aromatic heterocycles. The predicted molar refractivity (Wildman–Crippen MR) is 285 cm³/mol. The van der Waals surface area contributed by atoms with Gasteiger partial charge in [0.1, 0.15) is 17.6 Å². The van der Waals surface area contributed by atoms with Crippen LogP contribution in [0.4, 0.5) is 0 Å². The molecule has 4 aromatic rings. The summed E-state index contributed by atoms with van der Waals surface area (Å²) < 4.78 is 55.0. The van der Waals surface area contributed by atoms with E-state index in [-0.39, 0.29) is 72.8 Å². The summed E-state index contributed by atoms with van der Waals surface area (Å²) in [5.74, 6) is 6.18. The van der Waals surface area contributed by atoms with Gasteiger partial charge in [-0.2, -0.15) is 8.42 Å². The van der Waals surface area contributed by atoms with E-state index in [1.165, 1.54) is 0 Å². The summed E-state index contributed by atoms with van der Waals surface area (Å²) in [5, 5.41) is 33.3. The van der Waals surface area contributed by atoms with Gasteiger partial charge < -0.3 is 36.3 Å². The van der Waals surface area contributed by atoms with E-state index < -0.39 is 38.7 Å². The number of nitrogens with zero attached hydrogens (tertiary/aromatic N) is 1. The Hall–Kier alpha value is -5.16. The van der Waals surface area contributed by atoms with Crippen molar-refractivity contribution in [2.24, 2.45) is 57.9 Å². The highest BCUT2D eigenvalue weighted by molar-refractivity contribution is 7.86. The van der Waals surface area contributed by atoms with Gasteiger partial charge in [-0.05, 0) is 164 Å². The van der Waals surface area contributed by atoms with Gasteiger partial charge in [-0.1, -0.05) is 118 Å². The van der Waals surface area contributed by atoms with Crippen molar-refractivity contribution in [3.8, 4) is 23.3 Å². The molecule has 0 amide bonds. The normalized spacial score (nSPS) is 32.2. The van der Waals surface area contributed by atoms with Crippen molar-refractivity contribution in [3.05, 3.63) is 142 Å². The first kappa shape index (κ1) is 51.3. The molecule has 5 aliphatic heterocycles. The van der Waals surface area contributed by atoms with Crippen molar-refractivity contribution in [1.82, 2.24) is 0 Å². The van der Waals surface area contributed by atoms with E-state index in [0.717, 1.165) is 65.5 Å². The van der Waals surface area contributed by atoms with Crippen molar-refractivity contribution in [1.29, 1.82) is 0 Å². The largest absolute Gasteiger partial charge is 0.508 e. The molecule has 11 nitrogen and oxygen atoms in total. The van der Waals surface area contributed by atoms with Crippen LogP contribution >= 0.6 is 0 Å². The second kappa shape index (κ2) is 20.9. The molecular weight excluding hydrogens is 935 g/mol. The van der Waals surface area contributed by atoms with Crippen LogP contribution in [0.2, 0.25) is 0 Å². The Bertz CT molecular complexity index is 2870. The molecule has 13 atom stereocenters. The maximum Gasteiger partial charge on any atom is 0.268 e. The SMILES string of the molecule is CC(C)C[C@H]1CCC[C@](O)([C@H](Cc2ccccc2)C[C@@]2(N=C(N)N)Oc3ccc4c(c3)CC[C@@H](C)[C@@H]4C[C@@H](S(=O)(=O)O)[C@H]3C=C4C[C@H](C[C@H]5C[C@@H](CO)CC#Cc6cc(O)ccc6[C@@H]4O5)[C@@H]3c3ccc2cc3)C1. The first-order valence-corrected chi connectivity index (χ1v) is 28.5. The third-order valence-electron chi connectivity index (χ3n) is 17.8. The number of hydrogen-bond acceptors (Lipinski definition) is 8. The summed E-state index contributed by atoms with van der Waals surface area (Å²) in [4.78, 5) is 5.13. The molecule has 12 rings (SSSR count).